The highest BCUT2D eigenvalue weighted by Crippen LogP contribution is 2.37. The fourth-order valence-corrected chi connectivity index (χ4v) is 2.55. The van der Waals surface area contributed by atoms with E-state index in [9.17, 15) is 18.0 Å². The summed E-state index contributed by atoms with van der Waals surface area (Å²) < 4.78 is 38.2. The molecule has 2 N–H and O–H groups in total. The van der Waals surface area contributed by atoms with Crippen LogP contribution in [-0.2, 0) is 4.79 Å². The van der Waals surface area contributed by atoms with Gasteiger partial charge in [-0.15, -0.1) is 0 Å². The standard InChI is InChI=1S/C14H25F3N2O/c1-4-18-12(20)13(2,3)9-19-11-7-5-6-10(8-11)14(15,16)17/h10-11,19H,4-9H2,1-3H3,(H,18,20). The molecule has 118 valence electrons. The number of amides is 1. The Bertz CT molecular complexity index is 329. The fourth-order valence-electron chi connectivity index (χ4n) is 2.55. The molecule has 0 radical (unpaired) electrons. The largest absolute Gasteiger partial charge is 0.391 e. The first-order chi connectivity index (χ1) is 9.16. The van der Waals surface area contributed by atoms with Gasteiger partial charge in [0, 0.05) is 19.1 Å². The molecular weight excluding hydrogens is 269 g/mol. The molecule has 20 heavy (non-hydrogen) atoms. The van der Waals surface area contributed by atoms with Crippen LogP contribution >= 0.6 is 0 Å². The monoisotopic (exact) mass is 294 g/mol. The van der Waals surface area contributed by atoms with E-state index in [1.54, 1.807) is 13.8 Å². The van der Waals surface area contributed by atoms with Crippen molar-refractivity contribution in [3.05, 3.63) is 0 Å². The van der Waals surface area contributed by atoms with E-state index < -0.39 is 17.5 Å². The van der Waals surface area contributed by atoms with E-state index in [1.807, 2.05) is 6.92 Å². The summed E-state index contributed by atoms with van der Waals surface area (Å²) in [6.07, 6.45) is -2.42. The lowest BCUT2D eigenvalue weighted by molar-refractivity contribution is -0.183. The summed E-state index contributed by atoms with van der Waals surface area (Å²) in [5, 5.41) is 5.89. The average Bonchev–Trinajstić information content (AvgIpc) is 2.36. The maximum absolute atomic E-state index is 12.7. The van der Waals surface area contributed by atoms with E-state index in [0.29, 0.717) is 19.5 Å². The van der Waals surface area contributed by atoms with Gasteiger partial charge in [0.2, 0.25) is 5.91 Å². The summed E-state index contributed by atoms with van der Waals surface area (Å²) in [4.78, 5) is 11.8. The molecule has 0 heterocycles. The van der Waals surface area contributed by atoms with Gasteiger partial charge in [-0.25, -0.2) is 0 Å². The van der Waals surface area contributed by atoms with Gasteiger partial charge in [0.15, 0.2) is 0 Å². The third kappa shape index (κ3) is 4.96. The second-order valence-electron chi connectivity index (χ2n) is 6.23. The minimum atomic E-state index is -4.10. The highest BCUT2D eigenvalue weighted by molar-refractivity contribution is 5.81. The minimum Gasteiger partial charge on any atom is -0.356 e. The molecule has 1 fully saturated rings. The molecule has 1 saturated carbocycles. The van der Waals surface area contributed by atoms with Crippen molar-refractivity contribution in [2.24, 2.45) is 11.3 Å². The predicted molar refractivity (Wildman–Crippen MR) is 72.3 cm³/mol. The maximum atomic E-state index is 12.7. The molecule has 3 nitrogen and oxygen atoms in total. The third-order valence-corrected chi connectivity index (χ3v) is 3.92. The number of hydrogen-bond acceptors (Lipinski definition) is 2. The van der Waals surface area contributed by atoms with Crippen LogP contribution in [0.25, 0.3) is 0 Å². The van der Waals surface area contributed by atoms with E-state index in [2.05, 4.69) is 10.6 Å². The van der Waals surface area contributed by atoms with Crippen LogP contribution < -0.4 is 10.6 Å². The van der Waals surface area contributed by atoms with Gasteiger partial charge in [-0.3, -0.25) is 4.79 Å². The van der Waals surface area contributed by atoms with Crippen LogP contribution in [0.3, 0.4) is 0 Å². The van der Waals surface area contributed by atoms with Gasteiger partial charge >= 0.3 is 6.18 Å². The molecule has 0 spiro atoms. The smallest absolute Gasteiger partial charge is 0.356 e. The lowest BCUT2D eigenvalue weighted by Crippen LogP contribution is -2.47. The van der Waals surface area contributed by atoms with Gasteiger partial charge in [0.1, 0.15) is 0 Å². The highest BCUT2D eigenvalue weighted by Gasteiger charge is 2.42. The van der Waals surface area contributed by atoms with Crippen LogP contribution in [0.2, 0.25) is 0 Å². The second kappa shape index (κ2) is 6.78. The molecule has 0 bridgehead atoms. The first-order valence-corrected chi connectivity index (χ1v) is 7.25. The Labute approximate surface area is 118 Å². The van der Waals surface area contributed by atoms with E-state index in [-0.39, 0.29) is 24.8 Å². The van der Waals surface area contributed by atoms with Crippen LogP contribution in [0.15, 0.2) is 0 Å². The minimum absolute atomic E-state index is 0.0734. The number of alkyl halides is 3. The van der Waals surface area contributed by atoms with Crippen LogP contribution in [0.1, 0.15) is 46.5 Å². The summed E-state index contributed by atoms with van der Waals surface area (Å²) >= 11 is 0. The number of halogens is 3. The Hall–Kier alpha value is -0.780. The molecular formula is C14H25F3N2O. The Morgan fingerprint density at radius 3 is 2.45 bits per heavy atom. The van der Waals surface area contributed by atoms with Crippen molar-refractivity contribution in [3.63, 3.8) is 0 Å². The quantitative estimate of drug-likeness (QED) is 0.818. The number of nitrogens with one attached hydrogen (secondary N) is 2. The summed E-state index contributed by atoms with van der Waals surface area (Å²) in [7, 11) is 0. The lowest BCUT2D eigenvalue weighted by Gasteiger charge is -2.33. The van der Waals surface area contributed by atoms with E-state index >= 15 is 0 Å². The third-order valence-electron chi connectivity index (χ3n) is 3.92. The molecule has 6 heteroatoms. The van der Waals surface area contributed by atoms with Crippen LogP contribution in [0, 0.1) is 11.3 Å². The molecule has 0 aromatic heterocycles. The topological polar surface area (TPSA) is 41.1 Å². The molecule has 0 aromatic carbocycles. The van der Waals surface area contributed by atoms with Crippen molar-refractivity contribution in [2.45, 2.75) is 58.7 Å². The molecule has 0 saturated heterocycles. The van der Waals surface area contributed by atoms with Crippen LogP contribution in [-0.4, -0.2) is 31.2 Å². The molecule has 0 aliphatic heterocycles. The molecule has 1 rings (SSSR count). The highest BCUT2D eigenvalue weighted by atomic mass is 19.4. The average molecular weight is 294 g/mol. The van der Waals surface area contributed by atoms with Gasteiger partial charge in [0.25, 0.3) is 0 Å². The molecule has 1 amide bonds. The summed E-state index contributed by atoms with van der Waals surface area (Å²) in [6.45, 7) is 6.40. The Kier molecular flexibility index (Phi) is 5.86. The van der Waals surface area contributed by atoms with E-state index in [4.69, 9.17) is 0 Å². The Balaban J connectivity index is 2.47. The van der Waals surface area contributed by atoms with Crippen molar-refractivity contribution in [2.75, 3.05) is 13.1 Å². The zero-order chi connectivity index (χ0) is 15.4. The van der Waals surface area contributed by atoms with E-state index in [1.165, 1.54) is 0 Å². The summed E-state index contributed by atoms with van der Waals surface area (Å²) in [6, 6.07) is -0.149. The number of rotatable bonds is 5. The molecule has 0 aromatic rings. The Morgan fingerprint density at radius 2 is 1.90 bits per heavy atom. The van der Waals surface area contributed by atoms with Crippen molar-refractivity contribution in [1.29, 1.82) is 0 Å². The molecule has 2 unspecified atom stereocenters. The number of carbonyl (C=O) groups excluding carboxylic acids is 1. The zero-order valence-electron chi connectivity index (χ0n) is 12.4. The van der Waals surface area contributed by atoms with Gasteiger partial charge in [-0.2, -0.15) is 13.2 Å². The fraction of sp³-hybridized carbons (Fsp3) is 0.929. The summed E-state index contributed by atoms with van der Waals surface area (Å²) in [5.41, 5.74) is -0.610. The van der Waals surface area contributed by atoms with Crippen molar-refractivity contribution in [3.8, 4) is 0 Å². The van der Waals surface area contributed by atoms with Crippen molar-refractivity contribution in [1.82, 2.24) is 10.6 Å². The van der Waals surface area contributed by atoms with E-state index in [0.717, 1.165) is 6.42 Å². The van der Waals surface area contributed by atoms with Crippen LogP contribution in [0.5, 0.6) is 0 Å². The van der Waals surface area contributed by atoms with Crippen molar-refractivity contribution < 1.29 is 18.0 Å². The van der Waals surface area contributed by atoms with Gasteiger partial charge in [-0.05, 0) is 40.0 Å². The first kappa shape index (κ1) is 17.3. The predicted octanol–water partition coefficient (Wildman–Crippen LogP) is 2.86. The second-order valence-corrected chi connectivity index (χ2v) is 6.23. The van der Waals surface area contributed by atoms with Gasteiger partial charge < -0.3 is 10.6 Å². The Morgan fingerprint density at radius 1 is 1.25 bits per heavy atom. The van der Waals surface area contributed by atoms with Crippen molar-refractivity contribution >= 4 is 5.91 Å². The van der Waals surface area contributed by atoms with Gasteiger partial charge in [-0.1, -0.05) is 6.42 Å². The van der Waals surface area contributed by atoms with Crippen LogP contribution in [0.4, 0.5) is 13.2 Å². The zero-order valence-corrected chi connectivity index (χ0v) is 12.4. The lowest BCUT2D eigenvalue weighted by atomic mass is 9.84. The van der Waals surface area contributed by atoms with Gasteiger partial charge in [0.05, 0.1) is 11.3 Å². The maximum Gasteiger partial charge on any atom is 0.391 e. The number of carbonyl (C=O) groups is 1. The molecule has 1 aliphatic rings. The molecule has 2 atom stereocenters. The normalized spacial score (nSPS) is 24.5. The SMILES string of the molecule is CCNC(=O)C(C)(C)CNC1CCCC(C(F)(F)F)C1. The first-order valence-electron chi connectivity index (χ1n) is 7.25. The number of hydrogen-bond donors (Lipinski definition) is 2. The summed E-state index contributed by atoms with van der Waals surface area (Å²) in [5.74, 6) is -1.28. The molecule has 1 aliphatic carbocycles.